The van der Waals surface area contributed by atoms with Gasteiger partial charge >= 0.3 is 0 Å². The monoisotopic (exact) mass is 369 g/mol. The summed E-state index contributed by atoms with van der Waals surface area (Å²) in [5.41, 5.74) is 9.10. The van der Waals surface area contributed by atoms with Crippen LogP contribution in [0.4, 0.5) is 15.8 Å². The molecule has 0 saturated heterocycles. The smallest absolute Gasteiger partial charge is 0.141 e. The van der Waals surface area contributed by atoms with Crippen LogP contribution in [0.2, 0.25) is 5.02 Å². The molecule has 0 radical (unpaired) electrons. The maximum atomic E-state index is 13.4. The predicted octanol–water partition coefficient (Wildman–Crippen LogP) is 4.73. The van der Waals surface area contributed by atoms with Gasteiger partial charge < -0.3 is 10.1 Å². The third-order valence-electron chi connectivity index (χ3n) is 4.40. The summed E-state index contributed by atoms with van der Waals surface area (Å²) in [6.07, 6.45) is 4.67. The van der Waals surface area contributed by atoms with E-state index in [2.05, 4.69) is 10.4 Å². The predicted molar refractivity (Wildman–Crippen MR) is 102 cm³/mol. The largest absolute Gasteiger partial charge is 0.392 e. The second kappa shape index (κ2) is 6.86. The first kappa shape index (κ1) is 16.7. The molecule has 0 saturated carbocycles. The zero-order valence-electron chi connectivity index (χ0n) is 13.8. The highest BCUT2D eigenvalue weighted by Gasteiger charge is 2.20. The maximum Gasteiger partial charge on any atom is 0.141 e. The van der Waals surface area contributed by atoms with Gasteiger partial charge in [-0.05, 0) is 41.0 Å². The Morgan fingerprint density at radius 3 is 2.69 bits per heavy atom. The van der Waals surface area contributed by atoms with Crippen LogP contribution >= 0.6 is 11.6 Å². The quantitative estimate of drug-likeness (QED) is 0.623. The summed E-state index contributed by atoms with van der Waals surface area (Å²) in [6.45, 7) is 0.0269. The van der Waals surface area contributed by atoms with Crippen molar-refractivity contribution >= 4 is 28.5 Å². The fourth-order valence-corrected chi connectivity index (χ4v) is 3.20. The summed E-state index contributed by atoms with van der Waals surface area (Å²) in [5, 5.41) is 11.2. The Balaban J connectivity index is 1.67. The molecule has 4 nitrogen and oxygen atoms in total. The van der Waals surface area contributed by atoms with Crippen molar-refractivity contribution in [1.29, 1.82) is 0 Å². The Morgan fingerprint density at radius 2 is 1.96 bits per heavy atom. The zero-order valence-corrected chi connectivity index (χ0v) is 14.6. The molecule has 3 N–H and O–H groups in total. The van der Waals surface area contributed by atoms with Crippen LogP contribution < -0.4 is 10.4 Å². The van der Waals surface area contributed by atoms with E-state index in [1.54, 1.807) is 12.1 Å². The van der Waals surface area contributed by atoms with Gasteiger partial charge in [0.05, 0.1) is 23.0 Å². The Labute approximate surface area is 155 Å². The SMILES string of the molecule is OCc1ccc(C2=CN(Nc3ccc(F)c(Cl)c3)c3cc[nH]c3C2)cc1. The lowest BCUT2D eigenvalue weighted by Gasteiger charge is -2.28. The number of aromatic amines is 1. The van der Waals surface area contributed by atoms with Crippen molar-refractivity contribution in [2.45, 2.75) is 13.0 Å². The number of aromatic nitrogens is 1. The Morgan fingerprint density at radius 1 is 1.15 bits per heavy atom. The number of halogens is 2. The van der Waals surface area contributed by atoms with Gasteiger partial charge in [-0.2, -0.15) is 0 Å². The molecule has 0 atom stereocenters. The maximum absolute atomic E-state index is 13.4. The third-order valence-corrected chi connectivity index (χ3v) is 4.69. The van der Waals surface area contributed by atoms with Gasteiger partial charge in [-0.25, -0.2) is 4.39 Å². The minimum Gasteiger partial charge on any atom is -0.392 e. The number of hydrogen-bond acceptors (Lipinski definition) is 3. The van der Waals surface area contributed by atoms with Crippen LogP contribution in [0.5, 0.6) is 0 Å². The molecular formula is C20H17ClFN3O. The fourth-order valence-electron chi connectivity index (χ4n) is 3.02. The molecular weight excluding hydrogens is 353 g/mol. The molecule has 26 heavy (non-hydrogen) atoms. The lowest BCUT2D eigenvalue weighted by Crippen LogP contribution is -2.27. The van der Waals surface area contributed by atoms with E-state index in [1.165, 1.54) is 6.07 Å². The number of benzene rings is 2. The van der Waals surface area contributed by atoms with E-state index in [9.17, 15) is 9.50 Å². The average molecular weight is 370 g/mol. The first-order chi connectivity index (χ1) is 12.6. The summed E-state index contributed by atoms with van der Waals surface area (Å²) >= 11 is 5.89. The number of anilines is 2. The van der Waals surface area contributed by atoms with Gasteiger partial charge in [0, 0.05) is 24.5 Å². The molecule has 6 heteroatoms. The molecule has 0 spiro atoms. The Kier molecular flexibility index (Phi) is 4.41. The minimum absolute atomic E-state index is 0.0269. The molecule has 1 aliphatic heterocycles. The lowest BCUT2D eigenvalue weighted by molar-refractivity contribution is 0.282. The van der Waals surface area contributed by atoms with Gasteiger partial charge in [-0.15, -0.1) is 0 Å². The molecule has 1 aromatic heterocycles. The van der Waals surface area contributed by atoms with E-state index in [0.717, 1.165) is 34.5 Å². The van der Waals surface area contributed by atoms with Crippen molar-refractivity contribution in [2.24, 2.45) is 0 Å². The summed E-state index contributed by atoms with van der Waals surface area (Å²) in [7, 11) is 0. The van der Waals surface area contributed by atoms with Crippen molar-refractivity contribution in [2.75, 3.05) is 10.4 Å². The van der Waals surface area contributed by atoms with Gasteiger partial charge in [-0.1, -0.05) is 35.9 Å². The van der Waals surface area contributed by atoms with Gasteiger partial charge in [-0.3, -0.25) is 10.4 Å². The highest BCUT2D eigenvalue weighted by molar-refractivity contribution is 6.31. The van der Waals surface area contributed by atoms with Crippen LogP contribution in [0.1, 0.15) is 16.8 Å². The molecule has 2 heterocycles. The van der Waals surface area contributed by atoms with E-state index < -0.39 is 5.82 Å². The molecule has 3 aromatic rings. The normalized spacial score (nSPS) is 13.3. The molecule has 0 amide bonds. The topological polar surface area (TPSA) is 51.3 Å². The Bertz CT molecular complexity index is 965. The minimum atomic E-state index is -0.446. The number of nitrogens with one attached hydrogen (secondary N) is 2. The molecule has 132 valence electrons. The highest BCUT2D eigenvalue weighted by Crippen LogP contribution is 2.33. The van der Waals surface area contributed by atoms with Crippen molar-refractivity contribution in [1.82, 2.24) is 4.98 Å². The van der Waals surface area contributed by atoms with Crippen LogP contribution in [0.25, 0.3) is 5.57 Å². The number of rotatable bonds is 4. The van der Waals surface area contributed by atoms with Crippen molar-refractivity contribution in [3.8, 4) is 0 Å². The summed E-state index contributed by atoms with van der Waals surface area (Å²) < 4.78 is 13.4. The average Bonchev–Trinajstić information content (AvgIpc) is 3.14. The molecule has 4 rings (SSSR count). The summed E-state index contributed by atoms with van der Waals surface area (Å²) in [4.78, 5) is 3.27. The summed E-state index contributed by atoms with van der Waals surface area (Å²) in [6, 6.07) is 14.3. The second-order valence-corrected chi connectivity index (χ2v) is 6.55. The van der Waals surface area contributed by atoms with Gasteiger partial charge in [0.1, 0.15) is 5.82 Å². The first-order valence-electron chi connectivity index (χ1n) is 8.22. The van der Waals surface area contributed by atoms with Crippen molar-refractivity contribution in [3.63, 3.8) is 0 Å². The number of hydrogen-bond donors (Lipinski definition) is 3. The Hall–Kier alpha value is -2.76. The lowest BCUT2D eigenvalue weighted by atomic mass is 9.98. The molecule has 0 aliphatic carbocycles. The molecule has 1 aliphatic rings. The van der Waals surface area contributed by atoms with Crippen LogP contribution in [0.15, 0.2) is 60.9 Å². The van der Waals surface area contributed by atoms with Crippen LogP contribution in [-0.2, 0) is 13.0 Å². The second-order valence-electron chi connectivity index (χ2n) is 6.14. The summed E-state index contributed by atoms with van der Waals surface area (Å²) in [5.74, 6) is -0.446. The van der Waals surface area contributed by atoms with Crippen LogP contribution in [-0.4, -0.2) is 10.1 Å². The van der Waals surface area contributed by atoms with Gasteiger partial charge in [0.15, 0.2) is 0 Å². The third kappa shape index (κ3) is 3.19. The molecule has 2 aromatic carbocycles. The number of allylic oxidation sites excluding steroid dienone is 1. The fraction of sp³-hybridized carbons (Fsp3) is 0.100. The number of H-pyrrole nitrogens is 1. The van der Waals surface area contributed by atoms with E-state index in [4.69, 9.17) is 11.6 Å². The number of nitrogens with zero attached hydrogens (tertiary/aromatic N) is 1. The number of aliphatic hydroxyl groups excluding tert-OH is 1. The number of aliphatic hydroxyl groups is 1. The highest BCUT2D eigenvalue weighted by atomic mass is 35.5. The molecule has 0 fully saturated rings. The first-order valence-corrected chi connectivity index (χ1v) is 8.60. The van der Waals surface area contributed by atoms with Crippen molar-refractivity contribution < 1.29 is 9.50 Å². The van der Waals surface area contributed by atoms with Gasteiger partial charge in [0.25, 0.3) is 0 Å². The van der Waals surface area contributed by atoms with E-state index >= 15 is 0 Å². The molecule has 0 unspecified atom stereocenters. The van der Waals surface area contributed by atoms with E-state index in [1.807, 2.05) is 47.7 Å². The van der Waals surface area contributed by atoms with Crippen LogP contribution in [0.3, 0.4) is 0 Å². The standard InChI is InChI=1S/C20H17ClFN3O/c21-17-10-16(5-6-18(17)22)24-25-11-15(9-19-20(25)7-8-23-19)14-3-1-13(12-26)2-4-14/h1-8,10-11,23-24,26H,9,12H2. The van der Waals surface area contributed by atoms with Crippen molar-refractivity contribution in [3.05, 3.63) is 88.6 Å². The van der Waals surface area contributed by atoms with Gasteiger partial charge in [0.2, 0.25) is 0 Å². The number of fused-ring (bicyclic) bond motifs is 1. The van der Waals surface area contributed by atoms with E-state index in [-0.39, 0.29) is 11.6 Å². The number of hydrazine groups is 1. The van der Waals surface area contributed by atoms with Crippen LogP contribution in [0, 0.1) is 5.82 Å². The van der Waals surface area contributed by atoms with E-state index in [0.29, 0.717) is 5.69 Å². The molecule has 0 bridgehead atoms. The zero-order chi connectivity index (χ0) is 18.1.